The van der Waals surface area contributed by atoms with Gasteiger partial charge in [0.1, 0.15) is 0 Å². The number of carbonyl (C=O) groups is 1. The van der Waals surface area contributed by atoms with Gasteiger partial charge in [-0.3, -0.25) is 4.79 Å². The van der Waals surface area contributed by atoms with Gasteiger partial charge in [0.25, 0.3) is 5.88 Å². The van der Waals surface area contributed by atoms with Gasteiger partial charge in [-0.15, -0.1) is 0 Å². The summed E-state index contributed by atoms with van der Waals surface area (Å²) in [5.74, 6) is -0.578. The fourth-order valence-electron chi connectivity index (χ4n) is 0.906. The topological polar surface area (TPSA) is 113 Å². The van der Waals surface area contributed by atoms with Crippen LogP contribution in [0.3, 0.4) is 0 Å². The van der Waals surface area contributed by atoms with E-state index in [1.165, 1.54) is 6.92 Å². The Hall–Kier alpha value is -2.05. The molecular weight excluding hydrogens is 200 g/mol. The first-order valence-corrected chi connectivity index (χ1v) is 4.28. The van der Waals surface area contributed by atoms with Crippen molar-refractivity contribution < 1.29 is 14.3 Å². The van der Waals surface area contributed by atoms with E-state index in [-0.39, 0.29) is 23.4 Å². The maximum Gasteiger partial charge on any atom is 0.309 e. The number of esters is 1. The van der Waals surface area contributed by atoms with Crippen molar-refractivity contribution in [1.82, 2.24) is 9.97 Å². The Morgan fingerprint density at radius 1 is 1.33 bits per heavy atom. The molecule has 0 aliphatic rings. The number of ether oxygens (including phenoxy) is 2. The quantitative estimate of drug-likeness (QED) is 0.676. The van der Waals surface area contributed by atoms with Crippen LogP contribution in [-0.2, 0) is 4.79 Å². The van der Waals surface area contributed by atoms with E-state index in [4.69, 9.17) is 20.9 Å². The third kappa shape index (κ3) is 2.70. The van der Waals surface area contributed by atoms with E-state index in [1.54, 1.807) is 6.92 Å². The molecule has 0 fully saturated rings. The van der Waals surface area contributed by atoms with E-state index in [0.29, 0.717) is 6.61 Å². The van der Waals surface area contributed by atoms with Gasteiger partial charge >= 0.3 is 5.97 Å². The molecule has 4 N–H and O–H groups in total. The zero-order chi connectivity index (χ0) is 11.4. The molecule has 7 heteroatoms. The second kappa shape index (κ2) is 4.45. The molecule has 0 amide bonds. The molecule has 0 unspecified atom stereocenters. The second-order valence-electron chi connectivity index (χ2n) is 2.63. The fourth-order valence-corrected chi connectivity index (χ4v) is 0.906. The minimum absolute atomic E-state index is 0.0567. The lowest BCUT2D eigenvalue weighted by Crippen LogP contribution is -2.10. The first kappa shape index (κ1) is 11.0. The van der Waals surface area contributed by atoms with E-state index in [0.717, 1.165) is 0 Å². The predicted octanol–water partition coefficient (Wildman–Crippen LogP) is -0.0350. The summed E-state index contributed by atoms with van der Waals surface area (Å²) in [6, 6.07) is 0. The van der Waals surface area contributed by atoms with Crippen LogP contribution in [-0.4, -0.2) is 22.5 Å². The van der Waals surface area contributed by atoms with Gasteiger partial charge in [0.2, 0.25) is 11.8 Å². The maximum absolute atomic E-state index is 10.7. The van der Waals surface area contributed by atoms with Gasteiger partial charge in [0, 0.05) is 6.92 Å². The molecular formula is C8H12N4O3. The lowest BCUT2D eigenvalue weighted by molar-refractivity contribution is -0.132. The Labute approximate surface area is 86.4 Å². The first-order valence-electron chi connectivity index (χ1n) is 4.28. The molecule has 1 heterocycles. The van der Waals surface area contributed by atoms with Crippen LogP contribution in [0.5, 0.6) is 11.8 Å². The smallest absolute Gasteiger partial charge is 0.309 e. The highest BCUT2D eigenvalue weighted by molar-refractivity contribution is 5.72. The van der Waals surface area contributed by atoms with Crippen molar-refractivity contribution in [2.24, 2.45) is 0 Å². The van der Waals surface area contributed by atoms with Gasteiger partial charge in [-0.2, -0.15) is 9.97 Å². The molecule has 0 atom stereocenters. The van der Waals surface area contributed by atoms with Crippen molar-refractivity contribution in [1.29, 1.82) is 0 Å². The van der Waals surface area contributed by atoms with Crippen LogP contribution in [0.1, 0.15) is 13.8 Å². The zero-order valence-corrected chi connectivity index (χ0v) is 8.48. The summed E-state index contributed by atoms with van der Waals surface area (Å²) in [7, 11) is 0. The lowest BCUT2D eigenvalue weighted by Gasteiger charge is -2.09. The molecule has 0 bridgehead atoms. The van der Waals surface area contributed by atoms with Crippen LogP contribution in [0.25, 0.3) is 0 Å². The third-order valence-electron chi connectivity index (χ3n) is 1.41. The molecule has 1 rings (SSSR count). The molecule has 0 aliphatic carbocycles. The van der Waals surface area contributed by atoms with Crippen molar-refractivity contribution in [2.75, 3.05) is 18.1 Å². The maximum atomic E-state index is 10.7. The van der Waals surface area contributed by atoms with E-state index < -0.39 is 5.97 Å². The van der Waals surface area contributed by atoms with Crippen molar-refractivity contribution in [3.8, 4) is 11.8 Å². The average Bonchev–Trinajstić information content (AvgIpc) is 2.12. The monoisotopic (exact) mass is 212 g/mol. The molecule has 7 nitrogen and oxygen atoms in total. The Morgan fingerprint density at radius 2 is 1.93 bits per heavy atom. The zero-order valence-electron chi connectivity index (χ0n) is 8.48. The number of carbonyl (C=O) groups excluding carboxylic acids is 1. The Bertz CT molecular complexity index is 380. The molecule has 0 aliphatic heterocycles. The predicted molar refractivity (Wildman–Crippen MR) is 53.3 cm³/mol. The highest BCUT2D eigenvalue weighted by atomic mass is 16.5. The van der Waals surface area contributed by atoms with Gasteiger partial charge in [-0.1, -0.05) is 0 Å². The van der Waals surface area contributed by atoms with Crippen LogP contribution < -0.4 is 20.9 Å². The molecule has 82 valence electrons. The number of hydrogen-bond donors (Lipinski definition) is 2. The SMILES string of the molecule is CCOc1nc(N)nc(OC(C)=O)c1N. The minimum Gasteiger partial charge on any atom is -0.476 e. The number of nitrogens with two attached hydrogens (primary N) is 2. The van der Waals surface area contributed by atoms with Gasteiger partial charge in [0.05, 0.1) is 6.61 Å². The summed E-state index contributed by atoms with van der Waals surface area (Å²) in [5.41, 5.74) is 11.0. The molecule has 1 aromatic rings. The number of rotatable bonds is 3. The molecule has 15 heavy (non-hydrogen) atoms. The number of nitrogen functional groups attached to an aromatic ring is 2. The van der Waals surface area contributed by atoms with Crippen molar-refractivity contribution in [3.63, 3.8) is 0 Å². The minimum atomic E-state index is -0.540. The highest BCUT2D eigenvalue weighted by Gasteiger charge is 2.14. The van der Waals surface area contributed by atoms with Gasteiger partial charge < -0.3 is 20.9 Å². The molecule has 0 spiro atoms. The number of aromatic nitrogens is 2. The van der Waals surface area contributed by atoms with E-state index in [1.807, 2.05) is 0 Å². The molecule has 0 saturated heterocycles. The van der Waals surface area contributed by atoms with Crippen LogP contribution in [0, 0.1) is 0 Å². The van der Waals surface area contributed by atoms with E-state index >= 15 is 0 Å². The standard InChI is InChI=1S/C8H12N4O3/c1-3-14-6-5(9)7(15-4(2)13)12-8(10)11-6/h3,9H2,1-2H3,(H2,10,11,12). The summed E-state index contributed by atoms with van der Waals surface area (Å²) in [6.07, 6.45) is 0. The van der Waals surface area contributed by atoms with Gasteiger partial charge in [-0.05, 0) is 6.92 Å². The summed E-state index contributed by atoms with van der Waals surface area (Å²) in [5, 5.41) is 0. The second-order valence-corrected chi connectivity index (χ2v) is 2.63. The molecule has 0 saturated carbocycles. The number of nitrogens with zero attached hydrogens (tertiary/aromatic N) is 2. The third-order valence-corrected chi connectivity index (χ3v) is 1.41. The van der Waals surface area contributed by atoms with Gasteiger partial charge in [-0.25, -0.2) is 0 Å². The van der Waals surface area contributed by atoms with E-state index in [2.05, 4.69) is 9.97 Å². The molecule has 1 aromatic heterocycles. The summed E-state index contributed by atoms with van der Waals surface area (Å²) < 4.78 is 9.83. The summed E-state index contributed by atoms with van der Waals surface area (Å²) in [6.45, 7) is 3.38. The lowest BCUT2D eigenvalue weighted by atomic mass is 10.5. The van der Waals surface area contributed by atoms with Crippen LogP contribution in [0.15, 0.2) is 0 Å². The normalized spacial score (nSPS) is 9.73. The number of hydrogen-bond acceptors (Lipinski definition) is 7. The summed E-state index contributed by atoms with van der Waals surface area (Å²) in [4.78, 5) is 18.2. The van der Waals surface area contributed by atoms with Crippen molar-refractivity contribution in [2.45, 2.75) is 13.8 Å². The Balaban J connectivity index is 3.09. The number of anilines is 2. The van der Waals surface area contributed by atoms with Crippen LogP contribution >= 0.6 is 0 Å². The fraction of sp³-hybridized carbons (Fsp3) is 0.375. The van der Waals surface area contributed by atoms with Crippen molar-refractivity contribution >= 4 is 17.6 Å². The largest absolute Gasteiger partial charge is 0.476 e. The van der Waals surface area contributed by atoms with E-state index in [9.17, 15) is 4.79 Å². The first-order chi connectivity index (χ1) is 7.04. The highest BCUT2D eigenvalue weighted by Crippen LogP contribution is 2.28. The van der Waals surface area contributed by atoms with Crippen molar-refractivity contribution in [3.05, 3.63) is 0 Å². The molecule has 0 aromatic carbocycles. The Kier molecular flexibility index (Phi) is 3.27. The van der Waals surface area contributed by atoms with Crippen LogP contribution in [0.4, 0.5) is 11.6 Å². The average molecular weight is 212 g/mol. The van der Waals surface area contributed by atoms with Crippen LogP contribution in [0.2, 0.25) is 0 Å². The Morgan fingerprint density at radius 3 is 2.47 bits per heavy atom. The summed E-state index contributed by atoms with van der Waals surface area (Å²) >= 11 is 0. The van der Waals surface area contributed by atoms with Gasteiger partial charge in [0.15, 0.2) is 5.69 Å². The molecule has 0 radical (unpaired) electrons.